The molecule has 0 amide bonds. The van der Waals surface area contributed by atoms with Gasteiger partial charge in [-0.15, -0.1) is 0 Å². The molecule has 0 spiro atoms. The van der Waals surface area contributed by atoms with E-state index in [1.165, 1.54) is 6.26 Å². The van der Waals surface area contributed by atoms with E-state index in [2.05, 4.69) is 0 Å². The van der Waals surface area contributed by atoms with Crippen molar-refractivity contribution in [3.63, 3.8) is 0 Å². The van der Waals surface area contributed by atoms with Crippen molar-refractivity contribution in [1.82, 2.24) is 4.90 Å². The molecule has 0 radical (unpaired) electrons. The van der Waals surface area contributed by atoms with Gasteiger partial charge >= 0.3 is 0 Å². The second-order valence-electron chi connectivity index (χ2n) is 5.22. The second-order valence-corrected chi connectivity index (χ2v) is 7.48. The Labute approximate surface area is 116 Å². The number of aliphatic hydroxyl groups excluding tert-OH is 1. The van der Waals surface area contributed by atoms with Gasteiger partial charge in [0.1, 0.15) is 9.84 Å². The van der Waals surface area contributed by atoms with Gasteiger partial charge in [0.15, 0.2) is 0 Å². The molecule has 5 heteroatoms. The first kappa shape index (κ1) is 16.1. The van der Waals surface area contributed by atoms with Gasteiger partial charge in [0.2, 0.25) is 0 Å². The highest BCUT2D eigenvalue weighted by Crippen LogP contribution is 2.21. The normalized spacial score (nSPS) is 15.4. The molecule has 19 heavy (non-hydrogen) atoms. The third kappa shape index (κ3) is 6.18. The maximum atomic E-state index is 11.1. The Morgan fingerprint density at radius 2 is 1.84 bits per heavy atom. The Morgan fingerprint density at radius 1 is 1.26 bits per heavy atom. The molecule has 0 aliphatic rings. The van der Waals surface area contributed by atoms with Crippen LogP contribution in [-0.4, -0.2) is 50.6 Å². The number of hydrogen-bond acceptors (Lipinski definition) is 4. The third-order valence-corrected chi connectivity index (χ3v) is 4.05. The van der Waals surface area contributed by atoms with Crippen LogP contribution in [0.1, 0.15) is 18.6 Å². The Bertz CT molecular complexity index is 473. The standard InChI is InChI=1S/C14H23NO3S/c1-12(11-15(2)9-10-19(3,17)18)14(16)13-7-5-4-6-8-13/h4-8,12,14,16H,9-11H2,1-3H3. The Balaban J connectivity index is 2.48. The molecule has 1 aromatic rings. The summed E-state index contributed by atoms with van der Waals surface area (Å²) in [6.07, 6.45) is 0.713. The van der Waals surface area contributed by atoms with Crippen molar-refractivity contribution in [2.24, 2.45) is 5.92 Å². The van der Waals surface area contributed by atoms with E-state index in [4.69, 9.17) is 0 Å². The predicted octanol–water partition coefficient (Wildman–Crippen LogP) is 1.33. The summed E-state index contributed by atoms with van der Waals surface area (Å²) in [6.45, 7) is 3.12. The van der Waals surface area contributed by atoms with Crippen LogP contribution in [0.2, 0.25) is 0 Å². The van der Waals surface area contributed by atoms with Crippen LogP contribution in [0.25, 0.3) is 0 Å². The zero-order chi connectivity index (χ0) is 14.5. The summed E-state index contributed by atoms with van der Waals surface area (Å²) in [7, 11) is -1.06. The molecular weight excluding hydrogens is 262 g/mol. The molecule has 0 saturated heterocycles. The number of hydrogen-bond donors (Lipinski definition) is 1. The van der Waals surface area contributed by atoms with E-state index in [9.17, 15) is 13.5 Å². The monoisotopic (exact) mass is 285 g/mol. The van der Waals surface area contributed by atoms with Gasteiger partial charge in [-0.2, -0.15) is 0 Å². The number of rotatable bonds is 7. The lowest BCUT2D eigenvalue weighted by molar-refractivity contribution is 0.0963. The summed E-state index contributed by atoms with van der Waals surface area (Å²) >= 11 is 0. The zero-order valence-electron chi connectivity index (χ0n) is 11.8. The Hall–Kier alpha value is -0.910. The first-order valence-corrected chi connectivity index (χ1v) is 8.45. The van der Waals surface area contributed by atoms with E-state index in [-0.39, 0.29) is 11.7 Å². The SMILES string of the molecule is CC(CN(C)CCS(C)(=O)=O)C(O)c1ccccc1. The average Bonchev–Trinajstić information content (AvgIpc) is 2.35. The van der Waals surface area contributed by atoms with Gasteiger partial charge in [0.05, 0.1) is 11.9 Å². The number of benzene rings is 1. The lowest BCUT2D eigenvalue weighted by Gasteiger charge is -2.25. The fourth-order valence-electron chi connectivity index (χ4n) is 1.98. The van der Waals surface area contributed by atoms with E-state index in [1.807, 2.05) is 49.2 Å². The molecule has 0 bridgehead atoms. The van der Waals surface area contributed by atoms with E-state index in [0.717, 1.165) is 5.56 Å². The molecule has 0 saturated carbocycles. The van der Waals surface area contributed by atoms with Crippen molar-refractivity contribution in [3.05, 3.63) is 35.9 Å². The Morgan fingerprint density at radius 3 is 2.37 bits per heavy atom. The molecule has 108 valence electrons. The van der Waals surface area contributed by atoms with Crippen LogP contribution in [0.15, 0.2) is 30.3 Å². The zero-order valence-corrected chi connectivity index (χ0v) is 12.6. The first-order chi connectivity index (χ1) is 8.79. The molecule has 2 unspecified atom stereocenters. The molecule has 0 fully saturated rings. The van der Waals surface area contributed by atoms with Crippen molar-refractivity contribution >= 4 is 9.84 Å². The lowest BCUT2D eigenvalue weighted by atomic mass is 9.97. The highest BCUT2D eigenvalue weighted by molar-refractivity contribution is 7.90. The van der Waals surface area contributed by atoms with E-state index in [1.54, 1.807) is 0 Å². The number of sulfone groups is 1. The minimum Gasteiger partial charge on any atom is -0.388 e. The molecule has 1 rings (SSSR count). The minimum atomic E-state index is -2.93. The molecule has 1 aromatic carbocycles. The molecule has 0 aliphatic carbocycles. The van der Waals surface area contributed by atoms with Crippen molar-refractivity contribution in [3.8, 4) is 0 Å². The van der Waals surface area contributed by atoms with Crippen molar-refractivity contribution < 1.29 is 13.5 Å². The summed E-state index contributed by atoms with van der Waals surface area (Å²) < 4.78 is 22.2. The van der Waals surface area contributed by atoms with E-state index < -0.39 is 15.9 Å². The first-order valence-electron chi connectivity index (χ1n) is 6.39. The smallest absolute Gasteiger partial charge is 0.148 e. The van der Waals surface area contributed by atoms with Crippen LogP contribution in [0.5, 0.6) is 0 Å². The van der Waals surface area contributed by atoms with Gasteiger partial charge in [-0.3, -0.25) is 0 Å². The van der Waals surface area contributed by atoms with E-state index in [0.29, 0.717) is 13.1 Å². The molecule has 2 atom stereocenters. The van der Waals surface area contributed by atoms with Crippen molar-refractivity contribution in [1.29, 1.82) is 0 Å². The van der Waals surface area contributed by atoms with Gasteiger partial charge in [0, 0.05) is 19.3 Å². The lowest BCUT2D eigenvalue weighted by Crippen LogP contribution is -2.31. The predicted molar refractivity (Wildman–Crippen MR) is 77.8 cm³/mol. The van der Waals surface area contributed by atoms with Gasteiger partial charge < -0.3 is 10.0 Å². The summed E-state index contributed by atoms with van der Waals surface area (Å²) in [5, 5.41) is 10.2. The highest BCUT2D eigenvalue weighted by atomic mass is 32.2. The molecule has 0 heterocycles. The maximum Gasteiger partial charge on any atom is 0.148 e. The summed E-state index contributed by atoms with van der Waals surface area (Å²) in [5.74, 6) is 0.199. The van der Waals surface area contributed by atoms with Crippen molar-refractivity contribution in [2.45, 2.75) is 13.0 Å². The van der Waals surface area contributed by atoms with Crippen LogP contribution < -0.4 is 0 Å². The second kappa shape index (κ2) is 7.03. The van der Waals surface area contributed by atoms with Crippen molar-refractivity contribution in [2.75, 3.05) is 32.1 Å². The van der Waals surface area contributed by atoms with Crippen LogP contribution in [0.3, 0.4) is 0 Å². The topological polar surface area (TPSA) is 57.6 Å². The fourth-order valence-corrected chi connectivity index (χ4v) is 2.63. The quantitative estimate of drug-likeness (QED) is 0.821. The highest BCUT2D eigenvalue weighted by Gasteiger charge is 2.18. The number of nitrogens with zero attached hydrogens (tertiary/aromatic N) is 1. The molecule has 0 aliphatic heterocycles. The number of aliphatic hydroxyl groups is 1. The van der Waals surface area contributed by atoms with Crippen LogP contribution in [0.4, 0.5) is 0 Å². The molecule has 1 N–H and O–H groups in total. The summed E-state index contributed by atoms with van der Waals surface area (Å²) in [4.78, 5) is 1.94. The Kier molecular flexibility index (Phi) is 5.97. The fraction of sp³-hybridized carbons (Fsp3) is 0.571. The van der Waals surface area contributed by atoms with Gasteiger partial charge in [-0.05, 0) is 18.5 Å². The van der Waals surface area contributed by atoms with Gasteiger partial charge in [0.25, 0.3) is 0 Å². The average molecular weight is 285 g/mol. The maximum absolute atomic E-state index is 11.1. The summed E-state index contributed by atoms with van der Waals surface area (Å²) in [5.41, 5.74) is 0.895. The van der Waals surface area contributed by atoms with Gasteiger partial charge in [-0.25, -0.2) is 8.42 Å². The third-order valence-electron chi connectivity index (χ3n) is 3.12. The van der Waals surface area contributed by atoms with Gasteiger partial charge in [-0.1, -0.05) is 37.3 Å². The molecule has 0 aromatic heterocycles. The van der Waals surface area contributed by atoms with E-state index >= 15 is 0 Å². The van der Waals surface area contributed by atoms with Crippen LogP contribution in [-0.2, 0) is 9.84 Å². The largest absolute Gasteiger partial charge is 0.388 e. The molecule has 4 nitrogen and oxygen atoms in total. The minimum absolute atomic E-state index is 0.0481. The molecular formula is C14H23NO3S. The summed E-state index contributed by atoms with van der Waals surface area (Å²) in [6, 6.07) is 9.52. The van der Waals surface area contributed by atoms with Crippen LogP contribution in [0, 0.1) is 5.92 Å². The van der Waals surface area contributed by atoms with Crippen LogP contribution >= 0.6 is 0 Å².